The highest BCUT2D eigenvalue weighted by Crippen LogP contribution is 2.22. The largest absolute Gasteiger partial charge is 0.378 e. The SMILES string of the molecule is CCC1OCCC1CNC(=O)CNC. The lowest BCUT2D eigenvalue weighted by atomic mass is 10.00. The number of nitrogens with one attached hydrogen (secondary N) is 2. The van der Waals surface area contributed by atoms with Crippen molar-refractivity contribution in [3.05, 3.63) is 0 Å². The number of rotatable bonds is 5. The van der Waals surface area contributed by atoms with Crippen molar-refractivity contribution >= 4 is 5.91 Å². The van der Waals surface area contributed by atoms with Crippen LogP contribution in [0.1, 0.15) is 19.8 Å². The molecule has 1 heterocycles. The van der Waals surface area contributed by atoms with Crippen molar-refractivity contribution in [2.75, 3.05) is 26.7 Å². The summed E-state index contributed by atoms with van der Waals surface area (Å²) < 4.78 is 5.54. The van der Waals surface area contributed by atoms with E-state index in [9.17, 15) is 4.79 Å². The lowest BCUT2D eigenvalue weighted by Crippen LogP contribution is -2.37. The molecule has 82 valence electrons. The van der Waals surface area contributed by atoms with Gasteiger partial charge in [-0.3, -0.25) is 4.79 Å². The molecule has 1 saturated heterocycles. The van der Waals surface area contributed by atoms with E-state index in [-0.39, 0.29) is 5.91 Å². The van der Waals surface area contributed by atoms with Crippen LogP contribution in [0, 0.1) is 5.92 Å². The maximum atomic E-state index is 11.2. The second-order valence-electron chi connectivity index (χ2n) is 3.70. The molecule has 0 spiro atoms. The summed E-state index contributed by atoms with van der Waals surface area (Å²) in [4.78, 5) is 11.2. The molecule has 0 bridgehead atoms. The first kappa shape index (κ1) is 11.5. The minimum Gasteiger partial charge on any atom is -0.378 e. The molecule has 1 fully saturated rings. The molecule has 1 amide bonds. The van der Waals surface area contributed by atoms with Crippen LogP contribution in [-0.2, 0) is 9.53 Å². The summed E-state index contributed by atoms with van der Waals surface area (Å²) in [5.41, 5.74) is 0. The normalized spacial score (nSPS) is 26.4. The molecule has 14 heavy (non-hydrogen) atoms. The number of likely N-dealkylation sites (N-methyl/N-ethyl adjacent to an activating group) is 1. The number of ether oxygens (including phenoxy) is 1. The molecular weight excluding hydrogens is 180 g/mol. The molecule has 0 aromatic heterocycles. The molecule has 2 unspecified atom stereocenters. The van der Waals surface area contributed by atoms with Gasteiger partial charge >= 0.3 is 0 Å². The molecule has 0 aromatic carbocycles. The van der Waals surface area contributed by atoms with Gasteiger partial charge in [-0.2, -0.15) is 0 Å². The summed E-state index contributed by atoms with van der Waals surface area (Å²) >= 11 is 0. The van der Waals surface area contributed by atoms with E-state index in [1.165, 1.54) is 0 Å². The van der Waals surface area contributed by atoms with Crippen LogP contribution in [0.3, 0.4) is 0 Å². The maximum absolute atomic E-state index is 11.2. The molecule has 1 rings (SSSR count). The minimum absolute atomic E-state index is 0.0641. The predicted molar refractivity (Wildman–Crippen MR) is 55.1 cm³/mol. The van der Waals surface area contributed by atoms with Gasteiger partial charge in [0.15, 0.2) is 0 Å². The van der Waals surface area contributed by atoms with Crippen LogP contribution in [0.5, 0.6) is 0 Å². The third-order valence-electron chi connectivity index (χ3n) is 2.65. The topological polar surface area (TPSA) is 50.4 Å². The number of hydrogen-bond donors (Lipinski definition) is 2. The van der Waals surface area contributed by atoms with Gasteiger partial charge in [0, 0.05) is 19.1 Å². The van der Waals surface area contributed by atoms with Gasteiger partial charge in [-0.15, -0.1) is 0 Å². The van der Waals surface area contributed by atoms with Crippen LogP contribution in [0.15, 0.2) is 0 Å². The fourth-order valence-corrected chi connectivity index (χ4v) is 1.85. The fourth-order valence-electron chi connectivity index (χ4n) is 1.85. The van der Waals surface area contributed by atoms with E-state index in [2.05, 4.69) is 17.6 Å². The molecule has 2 N–H and O–H groups in total. The first-order valence-corrected chi connectivity index (χ1v) is 5.30. The van der Waals surface area contributed by atoms with Crippen LogP contribution >= 0.6 is 0 Å². The van der Waals surface area contributed by atoms with Crippen molar-refractivity contribution in [2.24, 2.45) is 5.92 Å². The Labute approximate surface area is 85.4 Å². The van der Waals surface area contributed by atoms with Gasteiger partial charge in [0.25, 0.3) is 0 Å². The fraction of sp³-hybridized carbons (Fsp3) is 0.900. The zero-order valence-corrected chi connectivity index (χ0v) is 9.01. The second-order valence-corrected chi connectivity index (χ2v) is 3.70. The Balaban J connectivity index is 2.20. The molecule has 4 nitrogen and oxygen atoms in total. The molecule has 0 radical (unpaired) electrons. The molecule has 2 atom stereocenters. The summed E-state index contributed by atoms with van der Waals surface area (Å²) in [6, 6.07) is 0. The number of carbonyl (C=O) groups excluding carboxylic acids is 1. The van der Waals surface area contributed by atoms with Crippen LogP contribution in [0.2, 0.25) is 0 Å². The molecular formula is C10H20N2O2. The van der Waals surface area contributed by atoms with Crippen molar-refractivity contribution in [1.82, 2.24) is 10.6 Å². The van der Waals surface area contributed by atoms with Gasteiger partial charge in [-0.05, 0) is 19.9 Å². The smallest absolute Gasteiger partial charge is 0.233 e. The molecule has 4 heteroatoms. The monoisotopic (exact) mass is 200 g/mol. The van der Waals surface area contributed by atoms with E-state index in [0.29, 0.717) is 18.6 Å². The number of hydrogen-bond acceptors (Lipinski definition) is 3. The third-order valence-corrected chi connectivity index (χ3v) is 2.65. The van der Waals surface area contributed by atoms with Crippen molar-refractivity contribution in [3.63, 3.8) is 0 Å². The van der Waals surface area contributed by atoms with Crippen LogP contribution in [0.4, 0.5) is 0 Å². The lowest BCUT2D eigenvalue weighted by Gasteiger charge is -2.17. The Hall–Kier alpha value is -0.610. The van der Waals surface area contributed by atoms with Crippen LogP contribution in [-0.4, -0.2) is 38.8 Å². The number of carbonyl (C=O) groups is 1. The van der Waals surface area contributed by atoms with Gasteiger partial charge in [-0.25, -0.2) is 0 Å². The van der Waals surface area contributed by atoms with E-state index < -0.39 is 0 Å². The van der Waals surface area contributed by atoms with Crippen LogP contribution < -0.4 is 10.6 Å². The standard InChI is InChI=1S/C10H20N2O2/c1-3-9-8(4-5-14-9)6-12-10(13)7-11-2/h8-9,11H,3-7H2,1-2H3,(H,12,13). The Morgan fingerprint density at radius 3 is 3.00 bits per heavy atom. The average molecular weight is 200 g/mol. The summed E-state index contributed by atoms with van der Waals surface area (Å²) in [5, 5.41) is 5.73. The van der Waals surface area contributed by atoms with Gasteiger partial charge in [0.05, 0.1) is 12.6 Å². The van der Waals surface area contributed by atoms with Gasteiger partial charge in [0.1, 0.15) is 0 Å². The van der Waals surface area contributed by atoms with E-state index in [1.807, 2.05) is 0 Å². The molecule has 1 aliphatic heterocycles. The second kappa shape index (κ2) is 5.98. The number of amides is 1. The van der Waals surface area contributed by atoms with Gasteiger partial charge in [0.2, 0.25) is 5.91 Å². The predicted octanol–water partition coefficient (Wildman–Crippen LogP) is 0.137. The Bertz CT molecular complexity index is 185. The van der Waals surface area contributed by atoms with E-state index >= 15 is 0 Å². The van der Waals surface area contributed by atoms with E-state index in [4.69, 9.17) is 4.74 Å². The first-order valence-electron chi connectivity index (χ1n) is 5.30. The minimum atomic E-state index is 0.0641. The van der Waals surface area contributed by atoms with Crippen molar-refractivity contribution in [1.29, 1.82) is 0 Å². The Morgan fingerprint density at radius 2 is 2.36 bits per heavy atom. The summed E-state index contributed by atoms with van der Waals surface area (Å²) in [7, 11) is 1.77. The zero-order chi connectivity index (χ0) is 10.4. The average Bonchev–Trinajstić information content (AvgIpc) is 2.62. The summed E-state index contributed by atoms with van der Waals surface area (Å²) in [6.45, 7) is 4.10. The molecule has 0 saturated carbocycles. The Kier molecular flexibility index (Phi) is 4.90. The first-order chi connectivity index (χ1) is 6.77. The maximum Gasteiger partial charge on any atom is 0.233 e. The molecule has 0 aromatic rings. The lowest BCUT2D eigenvalue weighted by molar-refractivity contribution is -0.120. The van der Waals surface area contributed by atoms with E-state index in [1.54, 1.807) is 7.05 Å². The molecule has 1 aliphatic rings. The highest BCUT2D eigenvalue weighted by molar-refractivity contribution is 5.77. The third kappa shape index (κ3) is 3.27. The zero-order valence-electron chi connectivity index (χ0n) is 9.01. The van der Waals surface area contributed by atoms with Crippen molar-refractivity contribution < 1.29 is 9.53 Å². The molecule has 0 aliphatic carbocycles. The highest BCUT2D eigenvalue weighted by atomic mass is 16.5. The van der Waals surface area contributed by atoms with Crippen molar-refractivity contribution in [3.8, 4) is 0 Å². The quantitative estimate of drug-likeness (QED) is 0.663. The van der Waals surface area contributed by atoms with Gasteiger partial charge < -0.3 is 15.4 Å². The Morgan fingerprint density at radius 1 is 1.57 bits per heavy atom. The highest BCUT2D eigenvalue weighted by Gasteiger charge is 2.26. The van der Waals surface area contributed by atoms with Crippen LogP contribution in [0.25, 0.3) is 0 Å². The van der Waals surface area contributed by atoms with E-state index in [0.717, 1.165) is 26.0 Å². The summed E-state index contributed by atoms with van der Waals surface area (Å²) in [5.74, 6) is 0.565. The van der Waals surface area contributed by atoms with Crippen molar-refractivity contribution in [2.45, 2.75) is 25.9 Å². The summed E-state index contributed by atoms with van der Waals surface area (Å²) in [6.07, 6.45) is 2.44. The van der Waals surface area contributed by atoms with Gasteiger partial charge in [-0.1, -0.05) is 6.92 Å².